The van der Waals surface area contributed by atoms with Crippen LogP contribution in [0.5, 0.6) is 0 Å². The van der Waals surface area contributed by atoms with Crippen molar-refractivity contribution >= 4 is 117 Å². The zero-order chi connectivity index (χ0) is 68.0. The Morgan fingerprint density at radius 1 is 0.223 bits per heavy atom. The van der Waals surface area contributed by atoms with E-state index in [0.29, 0.717) is 34.9 Å². The fourth-order valence-corrected chi connectivity index (χ4v) is 19.1. The molecule has 0 saturated heterocycles. The van der Waals surface area contributed by atoms with E-state index in [1.807, 2.05) is 59.1 Å². The quantitative estimate of drug-likeness (QED) is 0.143. The molecule has 0 saturated carbocycles. The molecule has 0 radical (unpaired) electrons. The molecule has 0 fully saturated rings. The summed E-state index contributed by atoms with van der Waals surface area (Å²) in [5.74, 6) is 3.73. The highest BCUT2D eigenvalue weighted by molar-refractivity contribution is 7.27. The van der Waals surface area contributed by atoms with E-state index in [2.05, 4.69) is 293 Å². The van der Waals surface area contributed by atoms with Gasteiger partial charge in [0.1, 0.15) is 0 Å². The minimum absolute atomic E-state index is 0.170. The van der Waals surface area contributed by atoms with Gasteiger partial charge in [0.15, 0.2) is 34.9 Å². The minimum Gasteiger partial charge on any atom is -0.208 e. The van der Waals surface area contributed by atoms with Gasteiger partial charge in [0.05, 0.1) is 0 Å². The number of nitrogens with zero attached hydrogens (tertiary/aromatic N) is 6. The number of thiophene rings is 2. The summed E-state index contributed by atoms with van der Waals surface area (Å²) in [5, 5.41) is 16.2. The molecule has 0 amide bonds. The summed E-state index contributed by atoms with van der Waals surface area (Å²) in [7, 11) is 0. The Morgan fingerprint density at radius 2 is 0.718 bits per heavy atom. The molecular formula is C95H58N6S2. The summed E-state index contributed by atoms with van der Waals surface area (Å²) in [6, 6.07) is 114. The van der Waals surface area contributed by atoms with Gasteiger partial charge in [-0.1, -0.05) is 293 Å². The van der Waals surface area contributed by atoms with Gasteiger partial charge < -0.3 is 0 Å². The monoisotopic (exact) mass is 1350 g/mol. The van der Waals surface area contributed by atoms with Crippen molar-refractivity contribution in [2.45, 2.75) is 19.3 Å². The molecule has 20 aromatic rings. The maximum atomic E-state index is 5.49. The lowest BCUT2D eigenvalue weighted by Gasteiger charge is -2.21. The van der Waals surface area contributed by atoms with E-state index in [-0.39, 0.29) is 5.41 Å². The van der Waals surface area contributed by atoms with E-state index in [1.165, 1.54) is 95.6 Å². The summed E-state index contributed by atoms with van der Waals surface area (Å²) < 4.78 is 4.95. The number of hydrogen-bond acceptors (Lipinski definition) is 8. The van der Waals surface area contributed by atoms with Crippen LogP contribution >= 0.6 is 22.7 Å². The van der Waals surface area contributed by atoms with E-state index in [9.17, 15) is 0 Å². The third kappa shape index (κ3) is 9.38. The SMILES string of the molecule is CC1(C)c2ccccc2-c2c(-c3cccc4c3sc3c5cc(-c6nc(-c7ccc8ccccc8c7)nc(-c7cccc8ccccc78)n6)ccc5cc(-c5c6cccc(-c7ccc(-c8nc(-c9ccccc9)nc(-c9ccccc9)n8)c8ccccc78)c6cc6c5sc5ccccc56)c43)cccc21. The largest absolute Gasteiger partial charge is 0.208 e. The molecule has 0 atom stereocenters. The number of aromatic nitrogens is 6. The van der Waals surface area contributed by atoms with Gasteiger partial charge in [-0.2, -0.15) is 0 Å². The third-order valence-electron chi connectivity index (χ3n) is 21.4. The van der Waals surface area contributed by atoms with Crippen LogP contribution in [0.15, 0.2) is 315 Å². The Kier molecular flexibility index (Phi) is 13.3. The van der Waals surface area contributed by atoms with Crippen LogP contribution in [0.2, 0.25) is 0 Å². The van der Waals surface area contributed by atoms with Gasteiger partial charge in [0.2, 0.25) is 0 Å². The van der Waals surface area contributed by atoms with Gasteiger partial charge in [-0.25, -0.2) is 29.9 Å². The van der Waals surface area contributed by atoms with Crippen LogP contribution in [-0.2, 0) is 5.41 Å². The second-order valence-corrected chi connectivity index (χ2v) is 29.6. The van der Waals surface area contributed by atoms with Crippen LogP contribution in [0, 0.1) is 0 Å². The normalized spacial score (nSPS) is 12.6. The Labute approximate surface area is 601 Å². The molecule has 8 heteroatoms. The molecular weight excluding hydrogens is 1290 g/mol. The summed E-state index contributed by atoms with van der Waals surface area (Å²) in [5.41, 5.74) is 17.9. The molecule has 1 aliphatic carbocycles. The Hall–Kier alpha value is -12.7. The van der Waals surface area contributed by atoms with Crippen molar-refractivity contribution in [3.05, 3.63) is 327 Å². The predicted octanol–water partition coefficient (Wildman–Crippen LogP) is 25.9. The van der Waals surface area contributed by atoms with Gasteiger partial charge in [-0.15, -0.1) is 22.7 Å². The van der Waals surface area contributed by atoms with Crippen LogP contribution in [0.1, 0.15) is 25.0 Å². The molecule has 4 aromatic heterocycles. The van der Waals surface area contributed by atoms with E-state index in [1.54, 1.807) is 0 Å². The van der Waals surface area contributed by atoms with Gasteiger partial charge in [-0.05, 0) is 129 Å². The van der Waals surface area contributed by atoms with Crippen LogP contribution in [-0.4, -0.2) is 29.9 Å². The highest BCUT2D eigenvalue weighted by Crippen LogP contribution is 2.57. The number of benzene rings is 16. The molecule has 6 nitrogen and oxygen atoms in total. The van der Waals surface area contributed by atoms with Crippen LogP contribution in [0.3, 0.4) is 0 Å². The minimum atomic E-state index is -0.170. The third-order valence-corrected chi connectivity index (χ3v) is 23.8. The fraction of sp³-hybridized carbons (Fsp3) is 0.0316. The highest BCUT2D eigenvalue weighted by Gasteiger charge is 2.37. The first-order valence-corrected chi connectivity index (χ1v) is 36.6. The van der Waals surface area contributed by atoms with Gasteiger partial charge in [-0.3, -0.25) is 0 Å². The summed E-state index contributed by atoms with van der Waals surface area (Å²) in [6.45, 7) is 4.75. The van der Waals surface area contributed by atoms with Gasteiger partial charge >= 0.3 is 0 Å². The van der Waals surface area contributed by atoms with Crippen molar-refractivity contribution in [2.24, 2.45) is 0 Å². The molecule has 21 rings (SSSR count). The van der Waals surface area contributed by atoms with E-state index < -0.39 is 0 Å². The maximum absolute atomic E-state index is 5.49. The van der Waals surface area contributed by atoms with Crippen LogP contribution < -0.4 is 0 Å². The van der Waals surface area contributed by atoms with Crippen LogP contribution in [0.25, 0.3) is 207 Å². The van der Waals surface area contributed by atoms with Crippen molar-refractivity contribution < 1.29 is 0 Å². The zero-order valence-electron chi connectivity index (χ0n) is 56.0. The summed E-state index contributed by atoms with van der Waals surface area (Å²) in [4.78, 5) is 31.9. The first kappa shape index (κ1) is 59.2. The standard InChI is InChI=1S/C95H58N6S2/c1-95(2)80-42-17-15-35-74(80)83-69(38-22-43-81(83)95)71-39-21-41-75-85-79(52-60-46-48-62(53-76(60)87(85)103-86(71)75)92-97-91(61-47-45-55-23-9-10-29-59(55)51-61)100-93(101-92)72-40-19-30-56-24-11-12-31-63(56)72)84-70-37-20-36-66(77(70)54-78-68-34-16-18-44-82(68)102-88(78)84)67-49-50-73(65-33-14-13-32-64(65)67)94-98-89(57-25-5-3-6-26-57)96-90(99-94)58-27-7-4-8-28-58/h3-54H,1-2H3. The van der Waals surface area contributed by atoms with Crippen molar-refractivity contribution in [2.75, 3.05) is 0 Å². The van der Waals surface area contributed by atoms with Crippen molar-refractivity contribution in [1.29, 1.82) is 0 Å². The Bertz CT molecular complexity index is 6910. The fourth-order valence-electron chi connectivity index (χ4n) is 16.5. The lowest BCUT2D eigenvalue weighted by molar-refractivity contribution is 0.660. The zero-order valence-corrected chi connectivity index (χ0v) is 57.7. The second kappa shape index (κ2) is 23.2. The molecule has 16 aromatic carbocycles. The molecule has 103 heavy (non-hydrogen) atoms. The van der Waals surface area contributed by atoms with E-state index in [0.717, 1.165) is 87.6 Å². The Morgan fingerprint density at radius 3 is 1.48 bits per heavy atom. The maximum Gasteiger partial charge on any atom is 0.164 e. The number of hydrogen-bond donors (Lipinski definition) is 0. The van der Waals surface area contributed by atoms with Gasteiger partial charge in [0, 0.05) is 95.7 Å². The van der Waals surface area contributed by atoms with Crippen molar-refractivity contribution in [3.63, 3.8) is 0 Å². The van der Waals surface area contributed by atoms with Crippen LogP contribution in [0.4, 0.5) is 0 Å². The van der Waals surface area contributed by atoms with Gasteiger partial charge in [0.25, 0.3) is 0 Å². The molecule has 0 unspecified atom stereocenters. The van der Waals surface area contributed by atoms with E-state index in [4.69, 9.17) is 29.9 Å². The van der Waals surface area contributed by atoms with Crippen molar-refractivity contribution in [1.82, 2.24) is 29.9 Å². The van der Waals surface area contributed by atoms with E-state index >= 15 is 0 Å². The topological polar surface area (TPSA) is 77.3 Å². The first-order valence-electron chi connectivity index (χ1n) is 35.0. The molecule has 0 bridgehead atoms. The number of rotatable bonds is 9. The second-order valence-electron chi connectivity index (χ2n) is 27.5. The number of fused-ring (bicyclic) bond motifs is 15. The molecule has 0 N–H and O–H groups in total. The van der Waals surface area contributed by atoms with Crippen molar-refractivity contribution in [3.8, 4) is 113 Å². The lowest BCUT2D eigenvalue weighted by atomic mass is 9.82. The lowest BCUT2D eigenvalue weighted by Crippen LogP contribution is -2.14. The molecule has 4 heterocycles. The summed E-state index contributed by atoms with van der Waals surface area (Å²) in [6.07, 6.45) is 0. The molecule has 1 aliphatic rings. The molecule has 480 valence electrons. The average Bonchev–Trinajstić information content (AvgIpc) is 1.60. The predicted molar refractivity (Wildman–Crippen MR) is 433 cm³/mol. The smallest absolute Gasteiger partial charge is 0.164 e. The molecule has 0 spiro atoms. The molecule has 0 aliphatic heterocycles. The highest BCUT2D eigenvalue weighted by atomic mass is 32.1. The average molecular weight is 1350 g/mol. The summed E-state index contributed by atoms with van der Waals surface area (Å²) >= 11 is 3.80. The Balaban J connectivity index is 0.824. The first-order chi connectivity index (χ1) is 50.8.